The van der Waals surface area contributed by atoms with Crippen LogP contribution in [0.1, 0.15) is 27.5 Å². The number of hydrogen-bond donors (Lipinski definition) is 1. The van der Waals surface area contributed by atoms with Gasteiger partial charge in [0.05, 0.1) is 18.0 Å². The van der Waals surface area contributed by atoms with Gasteiger partial charge in [0, 0.05) is 6.54 Å². The molecule has 0 radical (unpaired) electrons. The van der Waals surface area contributed by atoms with Crippen LogP contribution in [-0.4, -0.2) is 38.6 Å². The van der Waals surface area contributed by atoms with Crippen molar-refractivity contribution >= 4 is 11.9 Å². The smallest absolute Gasteiger partial charge is 0.331 e. The molecule has 1 atom stereocenters. The molecular formula is C15H13N3O3. The maximum absolute atomic E-state index is 12.5. The van der Waals surface area contributed by atoms with Gasteiger partial charge >= 0.3 is 5.97 Å². The quantitative estimate of drug-likeness (QED) is 0.898. The summed E-state index contributed by atoms with van der Waals surface area (Å²) in [5.74, 6) is -1.37. The Hall–Kier alpha value is -2.76. The Bertz CT molecular complexity index is 688. The van der Waals surface area contributed by atoms with E-state index >= 15 is 0 Å². The summed E-state index contributed by atoms with van der Waals surface area (Å²) >= 11 is 0. The van der Waals surface area contributed by atoms with E-state index in [2.05, 4.69) is 10.2 Å². The molecule has 0 saturated carbocycles. The van der Waals surface area contributed by atoms with Gasteiger partial charge in [-0.05, 0) is 23.6 Å². The maximum Gasteiger partial charge on any atom is 0.331 e. The first-order valence-electron chi connectivity index (χ1n) is 6.57. The molecule has 2 heterocycles. The van der Waals surface area contributed by atoms with Gasteiger partial charge in [0.1, 0.15) is 0 Å². The molecule has 1 aromatic carbocycles. The first-order chi connectivity index (χ1) is 10.2. The molecule has 0 spiro atoms. The summed E-state index contributed by atoms with van der Waals surface area (Å²) < 4.78 is 0. The average molecular weight is 283 g/mol. The minimum Gasteiger partial charge on any atom is -0.479 e. The van der Waals surface area contributed by atoms with Gasteiger partial charge in [-0.1, -0.05) is 24.3 Å². The number of fused-ring (bicyclic) bond motifs is 1. The van der Waals surface area contributed by atoms with Crippen molar-refractivity contribution in [1.29, 1.82) is 0 Å². The van der Waals surface area contributed by atoms with Gasteiger partial charge in [-0.25, -0.2) is 4.79 Å². The summed E-state index contributed by atoms with van der Waals surface area (Å²) in [5.41, 5.74) is 1.99. The molecule has 1 amide bonds. The van der Waals surface area contributed by atoms with Gasteiger partial charge in [0.15, 0.2) is 6.04 Å². The summed E-state index contributed by atoms with van der Waals surface area (Å²) in [6.45, 7) is 0.370. The van der Waals surface area contributed by atoms with Crippen LogP contribution in [0.2, 0.25) is 0 Å². The van der Waals surface area contributed by atoms with Crippen LogP contribution < -0.4 is 0 Å². The highest BCUT2D eigenvalue weighted by molar-refractivity contribution is 5.96. The molecule has 1 aromatic heterocycles. The van der Waals surface area contributed by atoms with E-state index in [4.69, 9.17) is 0 Å². The number of benzene rings is 1. The van der Waals surface area contributed by atoms with Crippen LogP contribution in [-0.2, 0) is 11.2 Å². The van der Waals surface area contributed by atoms with Gasteiger partial charge in [-0.2, -0.15) is 10.2 Å². The Kier molecular flexibility index (Phi) is 3.35. The fourth-order valence-electron chi connectivity index (χ4n) is 2.63. The SMILES string of the molecule is O=C(O)C1c2ccccc2CCN1C(=O)c1ccnnc1. The number of aromatic nitrogens is 2. The predicted octanol–water partition coefficient (Wildman–Crippen LogP) is 1.30. The van der Waals surface area contributed by atoms with Crippen LogP contribution in [0.25, 0.3) is 0 Å². The highest BCUT2D eigenvalue weighted by atomic mass is 16.4. The number of carboxylic acids is 1. The summed E-state index contributed by atoms with van der Waals surface area (Å²) in [7, 11) is 0. The molecule has 0 aliphatic carbocycles. The molecule has 3 rings (SSSR count). The number of rotatable bonds is 2. The third-order valence-electron chi connectivity index (χ3n) is 3.61. The van der Waals surface area contributed by atoms with Crippen molar-refractivity contribution in [1.82, 2.24) is 15.1 Å². The van der Waals surface area contributed by atoms with Gasteiger partial charge in [-0.3, -0.25) is 4.79 Å². The lowest BCUT2D eigenvalue weighted by molar-refractivity contribution is -0.143. The average Bonchev–Trinajstić information content (AvgIpc) is 2.53. The van der Waals surface area contributed by atoms with E-state index in [9.17, 15) is 14.7 Å². The summed E-state index contributed by atoms with van der Waals surface area (Å²) in [5, 5.41) is 16.8. The first-order valence-corrected chi connectivity index (χ1v) is 6.57. The molecule has 1 aliphatic heterocycles. The minimum atomic E-state index is -1.03. The lowest BCUT2D eigenvalue weighted by Gasteiger charge is -2.34. The second kappa shape index (κ2) is 5.32. The van der Waals surface area contributed by atoms with Gasteiger partial charge in [0.25, 0.3) is 5.91 Å². The fraction of sp³-hybridized carbons (Fsp3) is 0.200. The lowest BCUT2D eigenvalue weighted by Crippen LogP contribution is -2.43. The second-order valence-corrected chi connectivity index (χ2v) is 4.82. The minimum absolute atomic E-state index is 0.341. The Balaban J connectivity index is 2.00. The summed E-state index contributed by atoms with van der Waals surface area (Å²) in [6.07, 6.45) is 3.41. The molecule has 21 heavy (non-hydrogen) atoms. The first kappa shape index (κ1) is 13.2. The van der Waals surface area contributed by atoms with Gasteiger partial charge in [0.2, 0.25) is 0 Å². The topological polar surface area (TPSA) is 83.4 Å². The van der Waals surface area contributed by atoms with E-state index in [0.29, 0.717) is 24.1 Å². The Morgan fingerprint density at radius 2 is 2.00 bits per heavy atom. The monoisotopic (exact) mass is 283 g/mol. The van der Waals surface area contributed by atoms with E-state index in [1.807, 2.05) is 12.1 Å². The van der Waals surface area contributed by atoms with E-state index in [1.165, 1.54) is 23.4 Å². The van der Waals surface area contributed by atoms with Crippen molar-refractivity contribution < 1.29 is 14.7 Å². The van der Waals surface area contributed by atoms with Crippen LogP contribution in [0.3, 0.4) is 0 Å². The van der Waals surface area contributed by atoms with E-state index in [0.717, 1.165) is 5.56 Å². The van der Waals surface area contributed by atoms with Crippen LogP contribution in [0.15, 0.2) is 42.7 Å². The zero-order valence-corrected chi connectivity index (χ0v) is 11.1. The van der Waals surface area contributed by atoms with Crippen molar-refractivity contribution in [2.45, 2.75) is 12.5 Å². The number of hydrogen-bond acceptors (Lipinski definition) is 4. The highest BCUT2D eigenvalue weighted by Crippen LogP contribution is 2.30. The molecule has 1 aliphatic rings. The zero-order chi connectivity index (χ0) is 14.8. The molecule has 6 heteroatoms. The van der Waals surface area contributed by atoms with Crippen molar-refractivity contribution in [2.24, 2.45) is 0 Å². The van der Waals surface area contributed by atoms with Gasteiger partial charge < -0.3 is 10.0 Å². The van der Waals surface area contributed by atoms with Crippen LogP contribution >= 0.6 is 0 Å². The van der Waals surface area contributed by atoms with Crippen molar-refractivity contribution in [3.63, 3.8) is 0 Å². The molecule has 0 bridgehead atoms. The molecule has 1 unspecified atom stereocenters. The predicted molar refractivity (Wildman–Crippen MR) is 73.6 cm³/mol. The third kappa shape index (κ3) is 2.35. The van der Waals surface area contributed by atoms with Crippen molar-refractivity contribution in [3.8, 4) is 0 Å². The summed E-state index contributed by atoms with van der Waals surface area (Å²) in [6, 6.07) is 7.91. The summed E-state index contributed by atoms with van der Waals surface area (Å²) in [4.78, 5) is 25.5. The number of amides is 1. The molecule has 0 saturated heterocycles. The standard InChI is InChI=1S/C15H13N3O3/c19-14(11-5-7-16-17-9-11)18-8-6-10-3-1-2-4-12(10)13(18)15(20)21/h1-5,7,9,13H,6,8H2,(H,20,21). The number of aliphatic carboxylic acids is 1. The number of nitrogens with zero attached hydrogens (tertiary/aromatic N) is 3. The molecular weight excluding hydrogens is 270 g/mol. The van der Waals surface area contributed by atoms with E-state index in [1.54, 1.807) is 12.1 Å². The number of carbonyl (C=O) groups is 2. The maximum atomic E-state index is 12.5. The Labute approximate surface area is 121 Å². The van der Waals surface area contributed by atoms with Crippen LogP contribution in [0.5, 0.6) is 0 Å². The van der Waals surface area contributed by atoms with Crippen molar-refractivity contribution in [2.75, 3.05) is 6.54 Å². The molecule has 1 N–H and O–H groups in total. The highest BCUT2D eigenvalue weighted by Gasteiger charge is 2.36. The zero-order valence-electron chi connectivity index (χ0n) is 11.1. The Morgan fingerprint density at radius 3 is 2.71 bits per heavy atom. The largest absolute Gasteiger partial charge is 0.479 e. The van der Waals surface area contributed by atoms with E-state index < -0.39 is 12.0 Å². The molecule has 106 valence electrons. The molecule has 0 fully saturated rings. The number of carbonyl (C=O) groups excluding carboxylic acids is 1. The van der Waals surface area contributed by atoms with Gasteiger partial charge in [-0.15, -0.1) is 0 Å². The van der Waals surface area contributed by atoms with Crippen LogP contribution in [0.4, 0.5) is 0 Å². The lowest BCUT2D eigenvalue weighted by atomic mass is 9.92. The molecule has 2 aromatic rings. The second-order valence-electron chi connectivity index (χ2n) is 4.82. The van der Waals surface area contributed by atoms with Crippen molar-refractivity contribution in [3.05, 3.63) is 59.4 Å². The number of carboxylic acid groups (broad SMARTS) is 1. The van der Waals surface area contributed by atoms with Crippen LogP contribution in [0, 0.1) is 0 Å². The normalized spacial score (nSPS) is 17.1. The Morgan fingerprint density at radius 1 is 1.19 bits per heavy atom. The fourth-order valence-corrected chi connectivity index (χ4v) is 2.63. The molecule has 6 nitrogen and oxygen atoms in total. The third-order valence-corrected chi connectivity index (χ3v) is 3.61. The van der Waals surface area contributed by atoms with E-state index in [-0.39, 0.29) is 5.91 Å².